The van der Waals surface area contributed by atoms with Gasteiger partial charge in [0, 0.05) is 32.7 Å². The average molecular weight is 403 g/mol. The Kier molecular flexibility index (Phi) is 8.02. The van der Waals surface area contributed by atoms with Gasteiger partial charge in [-0.1, -0.05) is 12.1 Å². The molecule has 152 valence electrons. The summed E-state index contributed by atoms with van der Waals surface area (Å²) in [6.45, 7) is 5.46. The number of rotatable bonds is 8. The molecule has 2 rings (SSSR count). The van der Waals surface area contributed by atoms with Crippen molar-refractivity contribution in [2.75, 3.05) is 33.7 Å². The molecule has 1 amide bonds. The lowest BCUT2D eigenvalue weighted by Crippen LogP contribution is -2.39. The van der Waals surface area contributed by atoms with Crippen LogP contribution in [-0.2, 0) is 12.0 Å². The van der Waals surface area contributed by atoms with Gasteiger partial charge in [-0.05, 0) is 60.4 Å². The summed E-state index contributed by atoms with van der Waals surface area (Å²) in [6.07, 6.45) is 0.764. The molecule has 0 saturated heterocycles. The zero-order valence-electron chi connectivity index (χ0n) is 17.0. The molecule has 3 N–H and O–H groups in total. The van der Waals surface area contributed by atoms with Gasteiger partial charge >= 0.3 is 0 Å². The van der Waals surface area contributed by atoms with Gasteiger partial charge in [-0.15, -0.1) is 0 Å². The van der Waals surface area contributed by atoms with E-state index in [0.717, 1.165) is 24.1 Å². The molecular formula is C21H30N4O2S. The number of aliphatic hydroxyl groups is 1. The van der Waals surface area contributed by atoms with E-state index < -0.39 is 5.60 Å². The molecule has 1 aromatic carbocycles. The molecule has 1 heterocycles. The molecule has 0 spiro atoms. The number of carbonyl (C=O) groups excluding carboxylic acids is 1. The third kappa shape index (κ3) is 6.35. The highest BCUT2D eigenvalue weighted by atomic mass is 32.1. The average Bonchev–Trinajstić information content (AvgIpc) is 3.21. The maximum Gasteiger partial charge on any atom is 0.253 e. The second-order valence-corrected chi connectivity index (χ2v) is 7.84. The van der Waals surface area contributed by atoms with E-state index in [1.165, 1.54) is 0 Å². The summed E-state index contributed by atoms with van der Waals surface area (Å²) in [5.74, 6) is 0.666. The number of hydrogen-bond acceptors (Lipinski definition) is 4. The van der Waals surface area contributed by atoms with Crippen LogP contribution in [0.4, 0.5) is 0 Å². The number of aliphatic imine (C=N–C) groups is 1. The fourth-order valence-corrected chi connectivity index (χ4v) is 3.46. The highest BCUT2D eigenvalue weighted by molar-refractivity contribution is 7.08. The summed E-state index contributed by atoms with van der Waals surface area (Å²) < 4.78 is 0. The van der Waals surface area contributed by atoms with Gasteiger partial charge in [0.15, 0.2) is 5.96 Å². The number of thiophene rings is 1. The van der Waals surface area contributed by atoms with E-state index in [2.05, 4.69) is 15.6 Å². The Bertz CT molecular complexity index is 785. The van der Waals surface area contributed by atoms with E-state index in [4.69, 9.17) is 0 Å². The Hall–Kier alpha value is -2.38. The first-order chi connectivity index (χ1) is 13.3. The van der Waals surface area contributed by atoms with Gasteiger partial charge in [0.1, 0.15) is 5.60 Å². The van der Waals surface area contributed by atoms with Crippen LogP contribution in [0.1, 0.15) is 35.3 Å². The summed E-state index contributed by atoms with van der Waals surface area (Å²) in [5.41, 5.74) is 1.65. The molecule has 0 aliphatic heterocycles. The second kappa shape index (κ2) is 10.2. The van der Waals surface area contributed by atoms with Crippen LogP contribution in [-0.4, -0.2) is 55.6 Å². The van der Waals surface area contributed by atoms with Crippen LogP contribution in [0.2, 0.25) is 0 Å². The van der Waals surface area contributed by atoms with Crippen molar-refractivity contribution in [3.8, 4) is 0 Å². The lowest BCUT2D eigenvalue weighted by Gasteiger charge is -2.21. The summed E-state index contributed by atoms with van der Waals surface area (Å²) in [5, 5.41) is 21.0. The van der Waals surface area contributed by atoms with Crippen LogP contribution in [0.3, 0.4) is 0 Å². The number of hydrogen-bond donors (Lipinski definition) is 3. The molecule has 0 radical (unpaired) electrons. The maximum atomic E-state index is 12.1. The number of guanidine groups is 1. The number of carbonyl (C=O) groups is 1. The quantitative estimate of drug-likeness (QED) is 0.468. The molecule has 0 aliphatic rings. The molecule has 1 unspecified atom stereocenters. The first-order valence-electron chi connectivity index (χ1n) is 9.41. The largest absolute Gasteiger partial charge is 0.383 e. The monoisotopic (exact) mass is 402 g/mol. The highest BCUT2D eigenvalue weighted by Crippen LogP contribution is 2.23. The number of nitrogens with one attached hydrogen (secondary N) is 2. The van der Waals surface area contributed by atoms with E-state index in [-0.39, 0.29) is 12.5 Å². The van der Waals surface area contributed by atoms with E-state index >= 15 is 0 Å². The molecule has 28 heavy (non-hydrogen) atoms. The Labute approximate surface area is 171 Å². The molecular weight excluding hydrogens is 372 g/mol. The molecule has 0 fully saturated rings. The summed E-state index contributed by atoms with van der Waals surface area (Å²) >= 11 is 1.56. The Balaban J connectivity index is 1.95. The smallest absolute Gasteiger partial charge is 0.253 e. The zero-order valence-corrected chi connectivity index (χ0v) is 17.8. The molecule has 2 aromatic rings. The summed E-state index contributed by atoms with van der Waals surface area (Å²) in [4.78, 5) is 18.2. The number of amides is 1. The summed E-state index contributed by atoms with van der Waals surface area (Å²) in [6, 6.07) is 9.60. The van der Waals surface area contributed by atoms with Gasteiger partial charge < -0.3 is 20.6 Å². The Morgan fingerprint density at radius 1 is 1.29 bits per heavy atom. The molecule has 6 nitrogen and oxygen atoms in total. The van der Waals surface area contributed by atoms with E-state index in [0.29, 0.717) is 18.1 Å². The minimum Gasteiger partial charge on any atom is -0.383 e. The van der Waals surface area contributed by atoms with Gasteiger partial charge in [0.2, 0.25) is 0 Å². The van der Waals surface area contributed by atoms with Gasteiger partial charge in [0.05, 0.1) is 6.54 Å². The molecule has 1 atom stereocenters. The van der Waals surface area contributed by atoms with Gasteiger partial charge in [-0.2, -0.15) is 11.3 Å². The molecule has 0 aliphatic carbocycles. The number of nitrogens with zero attached hydrogens (tertiary/aromatic N) is 2. The van der Waals surface area contributed by atoms with Crippen molar-refractivity contribution in [2.45, 2.75) is 25.9 Å². The van der Waals surface area contributed by atoms with Crippen molar-refractivity contribution in [1.82, 2.24) is 15.5 Å². The van der Waals surface area contributed by atoms with Crippen molar-refractivity contribution in [2.24, 2.45) is 4.99 Å². The summed E-state index contributed by atoms with van der Waals surface area (Å²) in [7, 11) is 3.50. The Morgan fingerprint density at radius 2 is 2.07 bits per heavy atom. The van der Waals surface area contributed by atoms with Gasteiger partial charge in [0.25, 0.3) is 5.91 Å². The first kappa shape index (κ1) is 21.9. The van der Waals surface area contributed by atoms with E-state index in [9.17, 15) is 9.90 Å². The molecule has 0 saturated carbocycles. The lowest BCUT2D eigenvalue weighted by atomic mass is 10.00. The van der Waals surface area contributed by atoms with Crippen molar-refractivity contribution in [3.05, 3.63) is 57.8 Å². The van der Waals surface area contributed by atoms with E-state index in [1.54, 1.807) is 37.3 Å². The van der Waals surface area contributed by atoms with Crippen LogP contribution in [0.25, 0.3) is 0 Å². The third-order valence-corrected chi connectivity index (χ3v) is 5.00. The normalized spacial score (nSPS) is 13.7. The van der Waals surface area contributed by atoms with E-state index in [1.807, 2.05) is 48.0 Å². The topological polar surface area (TPSA) is 77.0 Å². The van der Waals surface area contributed by atoms with Crippen LogP contribution < -0.4 is 10.6 Å². The van der Waals surface area contributed by atoms with Crippen LogP contribution in [0.5, 0.6) is 0 Å². The standard InChI is InChI=1S/C21H30N4O2S/c1-5-22-20(24-15-21(2,27)18-10-12-28-14-18)23-11-9-16-7-6-8-17(13-16)19(26)25(3)4/h6-8,10,12-14,27H,5,9,11,15H2,1-4H3,(H2,22,23,24). The van der Waals surface area contributed by atoms with Gasteiger partial charge in [-0.25, -0.2) is 4.99 Å². The van der Waals surface area contributed by atoms with Crippen molar-refractivity contribution in [3.63, 3.8) is 0 Å². The van der Waals surface area contributed by atoms with Crippen molar-refractivity contribution < 1.29 is 9.90 Å². The van der Waals surface area contributed by atoms with Gasteiger partial charge in [-0.3, -0.25) is 4.79 Å². The van der Waals surface area contributed by atoms with Crippen LogP contribution in [0.15, 0.2) is 46.1 Å². The fourth-order valence-electron chi connectivity index (χ4n) is 2.68. The lowest BCUT2D eigenvalue weighted by molar-refractivity contribution is 0.0677. The predicted octanol–water partition coefficient (Wildman–Crippen LogP) is 2.46. The molecule has 0 bridgehead atoms. The SMILES string of the molecule is CCNC(=NCC(C)(O)c1ccsc1)NCCc1cccc(C(=O)N(C)C)c1. The van der Waals surface area contributed by atoms with Crippen molar-refractivity contribution >= 4 is 23.2 Å². The molecule has 1 aromatic heterocycles. The van der Waals surface area contributed by atoms with Crippen molar-refractivity contribution in [1.29, 1.82) is 0 Å². The van der Waals surface area contributed by atoms with Crippen LogP contribution in [0, 0.1) is 0 Å². The number of benzene rings is 1. The highest BCUT2D eigenvalue weighted by Gasteiger charge is 2.23. The third-order valence-electron chi connectivity index (χ3n) is 4.32. The first-order valence-corrected chi connectivity index (χ1v) is 10.4. The zero-order chi connectivity index (χ0) is 20.6. The predicted molar refractivity (Wildman–Crippen MR) is 116 cm³/mol. The van der Waals surface area contributed by atoms with Crippen LogP contribution >= 0.6 is 11.3 Å². The maximum absolute atomic E-state index is 12.1. The Morgan fingerprint density at radius 3 is 2.71 bits per heavy atom. The minimum atomic E-state index is -0.997. The second-order valence-electron chi connectivity index (χ2n) is 7.06. The molecule has 7 heteroatoms. The fraction of sp³-hybridized carbons (Fsp3) is 0.429. The minimum absolute atomic E-state index is 0.000345.